The Labute approximate surface area is 196 Å². The molecule has 33 heavy (non-hydrogen) atoms. The van der Waals surface area contributed by atoms with E-state index in [0.717, 1.165) is 27.7 Å². The number of nitrogens with zero attached hydrogens (tertiary/aromatic N) is 1. The zero-order chi connectivity index (χ0) is 23.5. The molecule has 9 heteroatoms. The van der Waals surface area contributed by atoms with Crippen molar-refractivity contribution in [1.82, 2.24) is 15.2 Å². The second-order valence-corrected chi connectivity index (χ2v) is 8.08. The molecule has 2 aromatic carbocycles. The maximum Gasteiger partial charge on any atom is 0.328 e. The molecule has 1 aliphatic heterocycles. The number of carbonyl (C=O) groups excluding carboxylic acids is 3. The van der Waals surface area contributed by atoms with Crippen molar-refractivity contribution in [2.45, 2.75) is 18.5 Å². The van der Waals surface area contributed by atoms with Gasteiger partial charge in [0.05, 0.1) is 13.2 Å². The summed E-state index contributed by atoms with van der Waals surface area (Å²) in [6.07, 6.45) is 0.310. The maximum atomic E-state index is 13.0. The van der Waals surface area contributed by atoms with Gasteiger partial charge < -0.3 is 25.7 Å². The SMILES string of the molecule is COC(=O)[C@H]1Cc2c([nH]c3ccccc23)[C@H](c2ccc(C(=O)NCCN)cc2)N1C(=O)CCl. The molecule has 0 bridgehead atoms. The smallest absolute Gasteiger partial charge is 0.328 e. The standard InChI is InChI=1S/C24H25ClN4O4/c1-33-24(32)19-12-17-16-4-2-3-5-18(16)28-21(17)22(29(19)20(30)13-25)14-6-8-15(9-7-14)23(31)27-11-10-26/h2-9,19,22,28H,10-13,26H2,1H3,(H,27,31)/t19-,22+/m1/s1. The number of methoxy groups -OCH3 is 1. The molecule has 0 saturated carbocycles. The lowest BCUT2D eigenvalue weighted by Crippen LogP contribution is -2.52. The third-order valence-electron chi connectivity index (χ3n) is 5.93. The molecule has 172 valence electrons. The van der Waals surface area contributed by atoms with Crippen LogP contribution < -0.4 is 11.1 Å². The first-order valence-corrected chi connectivity index (χ1v) is 11.2. The molecule has 4 N–H and O–H groups in total. The number of hydrogen-bond acceptors (Lipinski definition) is 5. The van der Waals surface area contributed by atoms with E-state index in [-0.39, 0.29) is 17.7 Å². The number of H-pyrrole nitrogens is 1. The van der Waals surface area contributed by atoms with Gasteiger partial charge in [0.2, 0.25) is 5.91 Å². The summed E-state index contributed by atoms with van der Waals surface area (Å²) in [6, 6.07) is 13.3. The molecule has 3 aromatic rings. The molecular weight excluding hydrogens is 444 g/mol. The van der Waals surface area contributed by atoms with Gasteiger partial charge in [-0.15, -0.1) is 11.6 Å². The van der Waals surface area contributed by atoms with E-state index in [2.05, 4.69) is 10.3 Å². The average molecular weight is 469 g/mol. The van der Waals surface area contributed by atoms with Crippen LogP contribution in [-0.4, -0.2) is 59.8 Å². The van der Waals surface area contributed by atoms with E-state index in [0.29, 0.717) is 25.1 Å². The van der Waals surface area contributed by atoms with Gasteiger partial charge in [-0.05, 0) is 29.3 Å². The Morgan fingerprint density at radius 3 is 2.58 bits per heavy atom. The number of halogens is 1. The summed E-state index contributed by atoms with van der Waals surface area (Å²) >= 11 is 5.96. The lowest BCUT2D eigenvalue weighted by atomic mass is 9.87. The van der Waals surface area contributed by atoms with E-state index < -0.39 is 18.1 Å². The summed E-state index contributed by atoms with van der Waals surface area (Å²) < 4.78 is 5.04. The van der Waals surface area contributed by atoms with Gasteiger partial charge in [-0.2, -0.15) is 0 Å². The van der Waals surface area contributed by atoms with Crippen molar-refractivity contribution in [1.29, 1.82) is 0 Å². The predicted octanol–water partition coefficient (Wildman–Crippen LogP) is 2.11. The fraction of sp³-hybridized carbons (Fsp3) is 0.292. The number of rotatable bonds is 6. The number of esters is 1. The normalized spacial score (nSPS) is 17.5. The monoisotopic (exact) mass is 468 g/mol. The van der Waals surface area contributed by atoms with E-state index >= 15 is 0 Å². The average Bonchev–Trinajstić information content (AvgIpc) is 3.23. The number of aromatic nitrogens is 1. The second-order valence-electron chi connectivity index (χ2n) is 7.81. The molecule has 1 aromatic heterocycles. The lowest BCUT2D eigenvalue weighted by molar-refractivity contribution is -0.154. The molecule has 2 heterocycles. The zero-order valence-electron chi connectivity index (χ0n) is 18.1. The summed E-state index contributed by atoms with van der Waals surface area (Å²) in [5.74, 6) is -1.40. The van der Waals surface area contributed by atoms with Crippen LogP contribution in [0.5, 0.6) is 0 Å². The van der Waals surface area contributed by atoms with Gasteiger partial charge in [0.15, 0.2) is 0 Å². The van der Waals surface area contributed by atoms with Crippen molar-refractivity contribution in [3.05, 3.63) is 70.9 Å². The molecule has 0 spiro atoms. The number of hydrogen-bond donors (Lipinski definition) is 3. The van der Waals surface area contributed by atoms with Gasteiger partial charge in [-0.25, -0.2) is 4.79 Å². The number of aromatic amines is 1. The molecule has 0 radical (unpaired) electrons. The number of benzene rings is 2. The Morgan fingerprint density at radius 2 is 1.91 bits per heavy atom. The second kappa shape index (κ2) is 9.64. The molecule has 4 rings (SSSR count). The van der Waals surface area contributed by atoms with Crippen LogP contribution in [0.4, 0.5) is 0 Å². The van der Waals surface area contributed by atoms with E-state index in [1.165, 1.54) is 12.0 Å². The number of amides is 2. The van der Waals surface area contributed by atoms with Gasteiger partial charge in [0.25, 0.3) is 5.91 Å². The number of carbonyl (C=O) groups is 3. The third kappa shape index (κ3) is 4.19. The van der Waals surface area contributed by atoms with E-state index in [1.807, 2.05) is 24.3 Å². The predicted molar refractivity (Wildman–Crippen MR) is 125 cm³/mol. The molecule has 8 nitrogen and oxygen atoms in total. The summed E-state index contributed by atoms with van der Waals surface area (Å²) in [7, 11) is 1.31. The minimum atomic E-state index is -0.828. The summed E-state index contributed by atoms with van der Waals surface area (Å²) in [5.41, 5.74) is 9.35. The fourth-order valence-corrected chi connectivity index (χ4v) is 4.57. The van der Waals surface area contributed by atoms with Crippen LogP contribution >= 0.6 is 11.6 Å². The number of alkyl halides is 1. The highest BCUT2D eigenvalue weighted by molar-refractivity contribution is 6.27. The molecule has 1 aliphatic rings. The molecule has 0 fully saturated rings. The van der Waals surface area contributed by atoms with E-state index in [4.69, 9.17) is 22.1 Å². The van der Waals surface area contributed by atoms with Crippen molar-refractivity contribution < 1.29 is 19.1 Å². The zero-order valence-corrected chi connectivity index (χ0v) is 18.9. The van der Waals surface area contributed by atoms with Gasteiger partial charge in [0, 0.05) is 41.7 Å². The van der Waals surface area contributed by atoms with Crippen LogP contribution in [0.3, 0.4) is 0 Å². The Balaban J connectivity index is 1.84. The molecular formula is C24H25ClN4O4. The fourth-order valence-electron chi connectivity index (χ4n) is 4.44. The summed E-state index contributed by atoms with van der Waals surface area (Å²) in [4.78, 5) is 43.0. The van der Waals surface area contributed by atoms with E-state index in [9.17, 15) is 14.4 Å². The Bertz CT molecular complexity index is 1190. The highest BCUT2D eigenvalue weighted by Crippen LogP contribution is 2.41. The van der Waals surface area contributed by atoms with Gasteiger partial charge >= 0.3 is 5.97 Å². The minimum absolute atomic E-state index is 0.233. The number of fused-ring (bicyclic) bond motifs is 3. The number of nitrogens with two attached hydrogens (primary N) is 1. The first-order chi connectivity index (χ1) is 16.0. The first kappa shape index (κ1) is 22.8. The summed E-state index contributed by atoms with van der Waals surface area (Å²) in [6.45, 7) is 0.722. The van der Waals surface area contributed by atoms with Crippen LogP contribution in [0.2, 0.25) is 0 Å². The van der Waals surface area contributed by atoms with Gasteiger partial charge in [-0.3, -0.25) is 9.59 Å². The minimum Gasteiger partial charge on any atom is -0.467 e. The van der Waals surface area contributed by atoms with Crippen molar-refractivity contribution in [3.8, 4) is 0 Å². The molecule has 0 saturated heterocycles. The third-order valence-corrected chi connectivity index (χ3v) is 6.15. The van der Waals surface area contributed by atoms with Crippen molar-refractivity contribution in [2.24, 2.45) is 5.73 Å². The van der Waals surface area contributed by atoms with Crippen LogP contribution in [0.25, 0.3) is 10.9 Å². The van der Waals surface area contributed by atoms with Crippen LogP contribution in [0.15, 0.2) is 48.5 Å². The van der Waals surface area contributed by atoms with Crippen molar-refractivity contribution in [3.63, 3.8) is 0 Å². The number of para-hydroxylation sites is 1. The Morgan fingerprint density at radius 1 is 1.18 bits per heavy atom. The van der Waals surface area contributed by atoms with E-state index in [1.54, 1.807) is 24.3 Å². The molecule has 0 unspecified atom stereocenters. The first-order valence-electron chi connectivity index (χ1n) is 10.6. The highest BCUT2D eigenvalue weighted by atomic mass is 35.5. The largest absolute Gasteiger partial charge is 0.467 e. The molecule has 0 aliphatic carbocycles. The maximum absolute atomic E-state index is 13.0. The Kier molecular flexibility index (Phi) is 6.67. The number of ether oxygens (including phenoxy) is 1. The van der Waals surface area contributed by atoms with Gasteiger partial charge in [-0.1, -0.05) is 30.3 Å². The van der Waals surface area contributed by atoms with Crippen molar-refractivity contribution in [2.75, 3.05) is 26.1 Å². The van der Waals surface area contributed by atoms with Crippen molar-refractivity contribution >= 4 is 40.3 Å². The highest BCUT2D eigenvalue weighted by Gasteiger charge is 2.43. The number of nitrogens with one attached hydrogen (secondary N) is 2. The lowest BCUT2D eigenvalue weighted by Gasteiger charge is -2.40. The Hall–Kier alpha value is -3.36. The van der Waals surface area contributed by atoms with Gasteiger partial charge in [0.1, 0.15) is 11.9 Å². The molecule has 2 atom stereocenters. The summed E-state index contributed by atoms with van der Waals surface area (Å²) in [5, 5.41) is 3.72. The van der Waals surface area contributed by atoms with Crippen LogP contribution in [-0.2, 0) is 20.7 Å². The molecule has 2 amide bonds. The van der Waals surface area contributed by atoms with Crippen LogP contribution in [0.1, 0.15) is 33.2 Å². The topological polar surface area (TPSA) is 118 Å². The van der Waals surface area contributed by atoms with Crippen LogP contribution in [0, 0.1) is 0 Å². The quantitative estimate of drug-likeness (QED) is 0.378.